The van der Waals surface area contributed by atoms with Crippen LogP contribution in [0.1, 0.15) is 24.7 Å². The minimum absolute atomic E-state index is 0.243. The smallest absolute Gasteiger partial charge is 0.170 e. The topological polar surface area (TPSA) is 52.0 Å². The molecule has 0 bridgehead atoms. The van der Waals surface area contributed by atoms with Gasteiger partial charge in [-0.25, -0.2) is 14.1 Å². The Labute approximate surface area is 117 Å². The minimum Gasteiger partial charge on any atom is -0.494 e. The molecule has 0 atom stereocenters. The lowest BCUT2D eigenvalue weighted by molar-refractivity contribution is 0.383. The van der Waals surface area contributed by atoms with Gasteiger partial charge in [0.25, 0.3) is 0 Å². The van der Waals surface area contributed by atoms with Crippen LogP contribution >= 0.6 is 0 Å². The van der Waals surface area contributed by atoms with Crippen molar-refractivity contribution in [1.82, 2.24) is 20.1 Å². The van der Waals surface area contributed by atoms with Gasteiger partial charge in [-0.1, -0.05) is 19.1 Å². The minimum atomic E-state index is -0.351. The fraction of sp³-hybridized carbons (Fsp3) is 0.429. The first-order valence-electron chi connectivity index (χ1n) is 6.65. The van der Waals surface area contributed by atoms with Crippen molar-refractivity contribution in [1.29, 1.82) is 0 Å². The van der Waals surface area contributed by atoms with Crippen LogP contribution in [-0.2, 0) is 13.1 Å². The van der Waals surface area contributed by atoms with E-state index in [1.165, 1.54) is 7.11 Å². The zero-order valence-electron chi connectivity index (χ0n) is 11.8. The molecular weight excluding hydrogens is 259 g/mol. The van der Waals surface area contributed by atoms with Crippen molar-refractivity contribution in [3.05, 3.63) is 41.7 Å². The van der Waals surface area contributed by atoms with Crippen molar-refractivity contribution in [3.63, 3.8) is 0 Å². The summed E-state index contributed by atoms with van der Waals surface area (Å²) >= 11 is 0. The molecule has 0 saturated heterocycles. The van der Waals surface area contributed by atoms with E-state index in [0.29, 0.717) is 24.5 Å². The normalized spacial score (nSPS) is 10.8. The van der Waals surface area contributed by atoms with Gasteiger partial charge in [0.1, 0.15) is 6.33 Å². The summed E-state index contributed by atoms with van der Waals surface area (Å²) in [6.45, 7) is 3.99. The molecule has 1 aromatic carbocycles. The van der Waals surface area contributed by atoms with Crippen molar-refractivity contribution in [2.75, 3.05) is 13.7 Å². The van der Waals surface area contributed by atoms with Gasteiger partial charge in [0.2, 0.25) is 0 Å². The number of benzene rings is 1. The third-order valence-electron chi connectivity index (χ3n) is 2.89. The molecule has 0 radical (unpaired) electrons. The SMILES string of the molecule is CCCNCc1ncn(Cc2cccc(OC)c2F)n1. The van der Waals surface area contributed by atoms with Crippen molar-refractivity contribution < 1.29 is 9.13 Å². The van der Waals surface area contributed by atoms with Crippen LogP contribution in [0.15, 0.2) is 24.5 Å². The molecule has 108 valence electrons. The largest absolute Gasteiger partial charge is 0.494 e. The first-order valence-corrected chi connectivity index (χ1v) is 6.65. The van der Waals surface area contributed by atoms with Crippen LogP contribution < -0.4 is 10.1 Å². The average molecular weight is 278 g/mol. The molecular formula is C14H19FN4O. The van der Waals surface area contributed by atoms with Gasteiger partial charge >= 0.3 is 0 Å². The van der Waals surface area contributed by atoms with E-state index in [9.17, 15) is 4.39 Å². The first-order chi connectivity index (χ1) is 9.74. The summed E-state index contributed by atoms with van der Waals surface area (Å²) in [6.07, 6.45) is 2.68. The standard InChI is InChI=1S/C14H19FN4O/c1-3-7-16-8-13-17-10-19(18-13)9-11-5-4-6-12(20-2)14(11)15/h4-6,10,16H,3,7-9H2,1-2H3. The average Bonchev–Trinajstić information content (AvgIpc) is 2.89. The van der Waals surface area contributed by atoms with Gasteiger partial charge in [-0.15, -0.1) is 0 Å². The van der Waals surface area contributed by atoms with Crippen LogP contribution in [0.4, 0.5) is 4.39 Å². The maximum atomic E-state index is 14.0. The summed E-state index contributed by atoms with van der Waals surface area (Å²) in [7, 11) is 1.45. The Hall–Kier alpha value is -1.95. The maximum Gasteiger partial charge on any atom is 0.170 e. The Kier molecular flexibility index (Phi) is 5.06. The molecule has 5 nitrogen and oxygen atoms in total. The monoisotopic (exact) mass is 278 g/mol. The molecule has 0 aliphatic rings. The van der Waals surface area contributed by atoms with E-state index in [4.69, 9.17) is 4.74 Å². The van der Waals surface area contributed by atoms with E-state index in [0.717, 1.165) is 13.0 Å². The highest BCUT2D eigenvalue weighted by atomic mass is 19.1. The van der Waals surface area contributed by atoms with E-state index in [1.807, 2.05) is 0 Å². The Balaban J connectivity index is 2.03. The summed E-state index contributed by atoms with van der Waals surface area (Å²) in [6, 6.07) is 5.08. The summed E-state index contributed by atoms with van der Waals surface area (Å²) in [5.41, 5.74) is 0.530. The number of halogens is 1. The van der Waals surface area contributed by atoms with E-state index in [1.54, 1.807) is 29.2 Å². The Morgan fingerprint density at radius 2 is 2.25 bits per heavy atom. The zero-order valence-corrected chi connectivity index (χ0v) is 11.8. The Morgan fingerprint density at radius 3 is 3.00 bits per heavy atom. The van der Waals surface area contributed by atoms with Crippen LogP contribution in [0, 0.1) is 5.82 Å². The fourth-order valence-corrected chi connectivity index (χ4v) is 1.88. The number of rotatable bonds is 7. The molecule has 0 amide bonds. The number of ether oxygens (including phenoxy) is 1. The Morgan fingerprint density at radius 1 is 1.40 bits per heavy atom. The lowest BCUT2D eigenvalue weighted by atomic mass is 10.2. The van der Waals surface area contributed by atoms with E-state index < -0.39 is 0 Å². The van der Waals surface area contributed by atoms with E-state index >= 15 is 0 Å². The van der Waals surface area contributed by atoms with Crippen molar-refractivity contribution >= 4 is 0 Å². The van der Waals surface area contributed by atoms with Gasteiger partial charge < -0.3 is 10.1 Å². The summed E-state index contributed by atoms with van der Waals surface area (Å²) in [5.74, 6) is 0.602. The predicted molar refractivity (Wildman–Crippen MR) is 74.1 cm³/mol. The highest BCUT2D eigenvalue weighted by Crippen LogP contribution is 2.20. The van der Waals surface area contributed by atoms with E-state index in [-0.39, 0.29) is 11.6 Å². The van der Waals surface area contributed by atoms with Gasteiger partial charge in [-0.05, 0) is 19.0 Å². The van der Waals surface area contributed by atoms with Gasteiger partial charge in [0, 0.05) is 5.56 Å². The number of nitrogens with zero attached hydrogens (tertiary/aromatic N) is 3. The molecule has 6 heteroatoms. The molecule has 1 heterocycles. The second-order valence-electron chi connectivity index (χ2n) is 4.47. The van der Waals surface area contributed by atoms with Gasteiger partial charge in [0.05, 0.1) is 20.2 Å². The third-order valence-corrected chi connectivity index (χ3v) is 2.89. The number of hydrogen-bond donors (Lipinski definition) is 1. The highest BCUT2D eigenvalue weighted by molar-refractivity contribution is 5.31. The second-order valence-corrected chi connectivity index (χ2v) is 4.47. The number of methoxy groups -OCH3 is 1. The third kappa shape index (κ3) is 3.54. The molecule has 2 aromatic rings. The maximum absolute atomic E-state index is 14.0. The van der Waals surface area contributed by atoms with Gasteiger partial charge in [-0.2, -0.15) is 5.10 Å². The molecule has 20 heavy (non-hydrogen) atoms. The van der Waals surface area contributed by atoms with Crippen LogP contribution in [0.5, 0.6) is 5.75 Å². The highest BCUT2D eigenvalue weighted by Gasteiger charge is 2.09. The number of hydrogen-bond acceptors (Lipinski definition) is 4. The molecule has 1 aromatic heterocycles. The van der Waals surface area contributed by atoms with Gasteiger partial charge in [-0.3, -0.25) is 0 Å². The Bertz CT molecular complexity index is 556. The molecule has 0 aliphatic heterocycles. The molecule has 0 spiro atoms. The zero-order chi connectivity index (χ0) is 14.4. The summed E-state index contributed by atoms with van der Waals surface area (Å²) in [4.78, 5) is 4.19. The van der Waals surface area contributed by atoms with Crippen molar-refractivity contribution in [2.24, 2.45) is 0 Å². The predicted octanol–water partition coefficient (Wildman–Crippen LogP) is 1.97. The number of nitrogens with one attached hydrogen (secondary N) is 1. The summed E-state index contributed by atoms with van der Waals surface area (Å²) in [5, 5.41) is 7.54. The second kappa shape index (κ2) is 7.00. The molecule has 0 unspecified atom stereocenters. The fourth-order valence-electron chi connectivity index (χ4n) is 1.88. The van der Waals surface area contributed by atoms with Crippen LogP contribution in [0.25, 0.3) is 0 Å². The molecule has 0 saturated carbocycles. The molecule has 2 rings (SSSR count). The van der Waals surface area contributed by atoms with E-state index in [2.05, 4.69) is 22.3 Å². The lowest BCUT2D eigenvalue weighted by Gasteiger charge is -2.07. The molecule has 0 aliphatic carbocycles. The van der Waals surface area contributed by atoms with Gasteiger partial charge in [0.15, 0.2) is 17.4 Å². The lowest BCUT2D eigenvalue weighted by Crippen LogP contribution is -2.15. The molecule has 1 N–H and O–H groups in total. The number of aromatic nitrogens is 3. The van der Waals surface area contributed by atoms with Crippen LogP contribution in [0.2, 0.25) is 0 Å². The van der Waals surface area contributed by atoms with Crippen molar-refractivity contribution in [2.45, 2.75) is 26.4 Å². The first kappa shape index (κ1) is 14.5. The quantitative estimate of drug-likeness (QED) is 0.787. The molecule has 0 fully saturated rings. The summed E-state index contributed by atoms with van der Waals surface area (Å²) < 4.78 is 20.6. The van der Waals surface area contributed by atoms with Crippen LogP contribution in [0.3, 0.4) is 0 Å². The van der Waals surface area contributed by atoms with Crippen LogP contribution in [-0.4, -0.2) is 28.4 Å². The van der Waals surface area contributed by atoms with Crippen molar-refractivity contribution in [3.8, 4) is 5.75 Å².